The Hall–Kier alpha value is -2.47. The van der Waals surface area contributed by atoms with E-state index in [1.807, 2.05) is 49.4 Å². The Bertz CT molecular complexity index is 626. The first kappa shape index (κ1) is 13.0. The Morgan fingerprint density at radius 3 is 2.68 bits per heavy atom. The van der Waals surface area contributed by atoms with Crippen LogP contribution in [-0.2, 0) is 0 Å². The van der Waals surface area contributed by atoms with Crippen molar-refractivity contribution >= 4 is 11.4 Å². The van der Waals surface area contributed by atoms with Gasteiger partial charge in [0.1, 0.15) is 6.07 Å². The predicted molar refractivity (Wildman–Crippen MR) is 78.8 cm³/mol. The molecule has 0 fully saturated rings. The van der Waals surface area contributed by atoms with E-state index in [9.17, 15) is 0 Å². The molecule has 2 rings (SSSR count). The minimum atomic E-state index is 0.0948. The molecule has 0 radical (unpaired) electrons. The molecule has 96 valence electrons. The second kappa shape index (κ2) is 5.45. The number of aryl methyl sites for hydroxylation is 1. The number of hydrogen-bond acceptors (Lipinski definition) is 3. The van der Waals surface area contributed by atoms with Crippen LogP contribution in [0.1, 0.15) is 29.7 Å². The third-order valence-electron chi connectivity index (χ3n) is 3.08. The lowest BCUT2D eigenvalue weighted by Crippen LogP contribution is -2.08. The third-order valence-corrected chi connectivity index (χ3v) is 3.08. The highest BCUT2D eigenvalue weighted by atomic mass is 14.9. The van der Waals surface area contributed by atoms with Gasteiger partial charge in [-0.15, -0.1) is 0 Å². The molecule has 0 heterocycles. The zero-order valence-electron chi connectivity index (χ0n) is 11.1. The minimum absolute atomic E-state index is 0.0948. The number of nitrogens with one attached hydrogen (secondary N) is 1. The number of benzene rings is 2. The summed E-state index contributed by atoms with van der Waals surface area (Å²) in [5, 5.41) is 12.5. The van der Waals surface area contributed by atoms with Gasteiger partial charge in [-0.3, -0.25) is 0 Å². The second-order valence-electron chi connectivity index (χ2n) is 4.70. The van der Waals surface area contributed by atoms with E-state index >= 15 is 0 Å². The second-order valence-corrected chi connectivity index (χ2v) is 4.70. The number of nitrogen functional groups attached to an aromatic ring is 1. The maximum atomic E-state index is 9.13. The van der Waals surface area contributed by atoms with Crippen molar-refractivity contribution in [1.82, 2.24) is 0 Å². The molecule has 3 nitrogen and oxygen atoms in total. The highest BCUT2D eigenvalue weighted by molar-refractivity contribution is 5.60. The Kier molecular flexibility index (Phi) is 3.72. The van der Waals surface area contributed by atoms with Crippen molar-refractivity contribution in [2.45, 2.75) is 19.9 Å². The van der Waals surface area contributed by atoms with Crippen LogP contribution in [-0.4, -0.2) is 0 Å². The fourth-order valence-corrected chi connectivity index (χ4v) is 2.02. The largest absolute Gasteiger partial charge is 0.399 e. The summed E-state index contributed by atoms with van der Waals surface area (Å²) in [5.41, 5.74) is 10.3. The molecular formula is C16H17N3. The molecule has 0 aliphatic heterocycles. The van der Waals surface area contributed by atoms with Gasteiger partial charge in [-0.25, -0.2) is 0 Å². The quantitative estimate of drug-likeness (QED) is 0.819. The number of rotatable bonds is 3. The van der Waals surface area contributed by atoms with Crippen LogP contribution in [0, 0.1) is 18.3 Å². The number of nitriles is 1. The molecule has 1 unspecified atom stereocenters. The van der Waals surface area contributed by atoms with Crippen LogP contribution in [0.4, 0.5) is 11.4 Å². The predicted octanol–water partition coefficient (Wildman–Crippen LogP) is 3.62. The van der Waals surface area contributed by atoms with Gasteiger partial charge in [-0.05, 0) is 49.2 Å². The standard InChI is InChI=1S/C16H17N3/c1-11-6-7-14(10-17)16(8-11)19-12(2)13-4-3-5-15(18)9-13/h3-9,12,19H,18H2,1-2H3. The van der Waals surface area contributed by atoms with Gasteiger partial charge in [-0.2, -0.15) is 5.26 Å². The van der Waals surface area contributed by atoms with E-state index in [4.69, 9.17) is 11.0 Å². The number of nitrogens with two attached hydrogens (primary N) is 1. The SMILES string of the molecule is Cc1ccc(C#N)c(NC(C)c2cccc(N)c2)c1. The van der Waals surface area contributed by atoms with E-state index in [1.165, 1.54) is 0 Å². The van der Waals surface area contributed by atoms with Crippen LogP contribution >= 0.6 is 0 Å². The van der Waals surface area contributed by atoms with Crippen LogP contribution < -0.4 is 11.1 Å². The Morgan fingerprint density at radius 1 is 1.21 bits per heavy atom. The zero-order chi connectivity index (χ0) is 13.8. The summed E-state index contributed by atoms with van der Waals surface area (Å²) in [7, 11) is 0. The highest BCUT2D eigenvalue weighted by Gasteiger charge is 2.08. The summed E-state index contributed by atoms with van der Waals surface area (Å²) < 4.78 is 0. The van der Waals surface area contributed by atoms with Gasteiger partial charge in [-0.1, -0.05) is 18.2 Å². The van der Waals surface area contributed by atoms with Crippen LogP contribution in [0.5, 0.6) is 0 Å². The van der Waals surface area contributed by atoms with E-state index in [1.54, 1.807) is 0 Å². The topological polar surface area (TPSA) is 61.8 Å². The van der Waals surface area contributed by atoms with Crippen molar-refractivity contribution in [3.05, 3.63) is 59.2 Å². The van der Waals surface area contributed by atoms with E-state index in [2.05, 4.69) is 18.3 Å². The molecule has 3 N–H and O–H groups in total. The van der Waals surface area contributed by atoms with Crippen LogP contribution in [0.3, 0.4) is 0 Å². The van der Waals surface area contributed by atoms with Crippen molar-refractivity contribution in [3.63, 3.8) is 0 Å². The molecule has 0 saturated heterocycles. The molecule has 19 heavy (non-hydrogen) atoms. The minimum Gasteiger partial charge on any atom is -0.399 e. The fourth-order valence-electron chi connectivity index (χ4n) is 2.02. The van der Waals surface area contributed by atoms with Crippen molar-refractivity contribution in [2.24, 2.45) is 0 Å². The number of nitrogens with zero attached hydrogens (tertiary/aromatic N) is 1. The van der Waals surface area contributed by atoms with Gasteiger partial charge in [0.15, 0.2) is 0 Å². The van der Waals surface area contributed by atoms with Gasteiger partial charge in [0.25, 0.3) is 0 Å². The lowest BCUT2D eigenvalue weighted by atomic mass is 10.1. The van der Waals surface area contributed by atoms with Gasteiger partial charge >= 0.3 is 0 Å². The van der Waals surface area contributed by atoms with Crippen molar-refractivity contribution < 1.29 is 0 Å². The van der Waals surface area contributed by atoms with Gasteiger partial charge < -0.3 is 11.1 Å². The molecule has 0 aliphatic carbocycles. The summed E-state index contributed by atoms with van der Waals surface area (Å²) in [6.45, 7) is 4.07. The monoisotopic (exact) mass is 251 g/mol. The van der Waals surface area contributed by atoms with Crippen LogP contribution in [0.15, 0.2) is 42.5 Å². The fraction of sp³-hybridized carbons (Fsp3) is 0.188. The van der Waals surface area contributed by atoms with Gasteiger partial charge in [0, 0.05) is 11.7 Å². The van der Waals surface area contributed by atoms with E-state index in [0.29, 0.717) is 5.56 Å². The lowest BCUT2D eigenvalue weighted by molar-refractivity contribution is 0.884. The van der Waals surface area contributed by atoms with Gasteiger partial charge in [0.05, 0.1) is 11.3 Å². The Morgan fingerprint density at radius 2 is 2.00 bits per heavy atom. The zero-order valence-corrected chi connectivity index (χ0v) is 11.1. The summed E-state index contributed by atoms with van der Waals surface area (Å²) in [6, 6.07) is 15.8. The molecule has 0 amide bonds. The van der Waals surface area contributed by atoms with E-state index in [0.717, 1.165) is 22.5 Å². The van der Waals surface area contributed by atoms with Crippen LogP contribution in [0.2, 0.25) is 0 Å². The molecule has 0 bridgehead atoms. The molecule has 2 aromatic carbocycles. The molecule has 0 saturated carbocycles. The molecule has 2 aromatic rings. The molecule has 1 atom stereocenters. The molecule has 3 heteroatoms. The van der Waals surface area contributed by atoms with Crippen molar-refractivity contribution in [3.8, 4) is 6.07 Å². The average molecular weight is 251 g/mol. The smallest absolute Gasteiger partial charge is 0.101 e. The summed E-state index contributed by atoms with van der Waals surface area (Å²) in [4.78, 5) is 0. The lowest BCUT2D eigenvalue weighted by Gasteiger charge is -2.17. The summed E-state index contributed by atoms with van der Waals surface area (Å²) in [6.07, 6.45) is 0. The first-order valence-corrected chi connectivity index (χ1v) is 6.23. The first-order valence-electron chi connectivity index (χ1n) is 6.23. The molecule has 0 aromatic heterocycles. The number of hydrogen-bond donors (Lipinski definition) is 2. The summed E-state index contributed by atoms with van der Waals surface area (Å²) >= 11 is 0. The highest BCUT2D eigenvalue weighted by Crippen LogP contribution is 2.24. The Balaban J connectivity index is 2.26. The van der Waals surface area contributed by atoms with E-state index in [-0.39, 0.29) is 6.04 Å². The Labute approximate surface area is 113 Å². The van der Waals surface area contributed by atoms with Crippen molar-refractivity contribution in [2.75, 3.05) is 11.1 Å². The number of anilines is 2. The maximum absolute atomic E-state index is 9.13. The summed E-state index contributed by atoms with van der Waals surface area (Å²) in [5.74, 6) is 0. The van der Waals surface area contributed by atoms with E-state index < -0.39 is 0 Å². The maximum Gasteiger partial charge on any atom is 0.101 e. The first-order chi connectivity index (χ1) is 9.10. The van der Waals surface area contributed by atoms with Crippen LogP contribution in [0.25, 0.3) is 0 Å². The molecule has 0 spiro atoms. The molecular weight excluding hydrogens is 234 g/mol. The van der Waals surface area contributed by atoms with Gasteiger partial charge in [0.2, 0.25) is 0 Å². The third kappa shape index (κ3) is 3.05. The molecule has 0 aliphatic rings. The average Bonchev–Trinajstić information content (AvgIpc) is 2.39. The normalized spacial score (nSPS) is 11.6. The van der Waals surface area contributed by atoms with Crippen molar-refractivity contribution in [1.29, 1.82) is 5.26 Å².